The second-order valence-corrected chi connectivity index (χ2v) is 1.67. The van der Waals surface area contributed by atoms with Gasteiger partial charge in [0.1, 0.15) is 0 Å². The highest BCUT2D eigenvalue weighted by Gasteiger charge is 2.41. The first-order valence-corrected chi connectivity index (χ1v) is 2.58. The van der Waals surface area contributed by atoms with Crippen LogP contribution in [0.15, 0.2) is 0 Å². The molecule has 4 nitrogen and oxygen atoms in total. The Morgan fingerprint density at radius 1 is 1.42 bits per heavy atom. The number of alkyl halides is 5. The van der Waals surface area contributed by atoms with Crippen LogP contribution >= 0.6 is 0 Å². The minimum Gasteiger partial charge on any atom is -0.330 e. The zero-order valence-electron chi connectivity index (χ0n) is 5.09. The van der Waals surface area contributed by atoms with E-state index in [1.807, 2.05) is 0 Å². The Bertz CT molecular complexity index is 171. The Morgan fingerprint density at radius 3 is 1.92 bits per heavy atom. The lowest BCUT2D eigenvalue weighted by Crippen LogP contribution is -2.39. The summed E-state index contributed by atoms with van der Waals surface area (Å²) < 4.78 is 55.4. The summed E-state index contributed by atoms with van der Waals surface area (Å²) in [7, 11) is 0. The number of hydrogen-bond donors (Lipinski definition) is 0. The molecule has 0 rings (SSSR count). The predicted octanol–water partition coefficient (Wildman–Crippen LogP) is 1.12. The van der Waals surface area contributed by atoms with Crippen molar-refractivity contribution in [1.82, 2.24) is 5.17 Å². The van der Waals surface area contributed by atoms with Gasteiger partial charge in [0, 0.05) is 4.91 Å². The van der Waals surface area contributed by atoms with Crippen LogP contribution in [0.4, 0.5) is 22.0 Å². The molecule has 0 aliphatic heterocycles. The van der Waals surface area contributed by atoms with E-state index in [9.17, 15) is 26.9 Å². The molecule has 72 valence electrons. The third-order valence-electron chi connectivity index (χ3n) is 0.525. The number of nitrogens with zero attached hydrogens (tertiary/aromatic N) is 2. The second kappa shape index (κ2) is 3.76. The number of hydroxylamine groups is 1. The zero-order chi connectivity index (χ0) is 9.94. The topological polar surface area (TPSA) is 32.5 Å². The van der Waals surface area contributed by atoms with Crippen molar-refractivity contribution >= 4 is 12.8 Å². The van der Waals surface area contributed by atoms with E-state index in [0.29, 0.717) is 0 Å². The maximum absolute atomic E-state index is 11.5. The lowest BCUT2D eigenvalue weighted by atomic mass is 11.2. The molecule has 0 aromatic rings. The van der Waals surface area contributed by atoms with Gasteiger partial charge >= 0.3 is 12.9 Å². The van der Waals surface area contributed by atoms with Crippen LogP contribution in [0.1, 0.15) is 0 Å². The third kappa shape index (κ3) is 4.18. The van der Waals surface area contributed by atoms with Gasteiger partial charge in [-0.15, -0.1) is 18.0 Å². The molecule has 0 bridgehead atoms. The third-order valence-corrected chi connectivity index (χ3v) is 0.686. The summed E-state index contributed by atoms with van der Waals surface area (Å²) in [6, 6.07) is 0. The van der Waals surface area contributed by atoms with E-state index >= 15 is 0 Å². The maximum atomic E-state index is 11.5. The maximum Gasteiger partial charge on any atom is 0.548 e. The molecular formula is C2HF5N2O2S. The van der Waals surface area contributed by atoms with Crippen molar-refractivity contribution in [3.05, 3.63) is 4.91 Å². The largest absolute Gasteiger partial charge is 0.548 e. The summed E-state index contributed by atoms with van der Waals surface area (Å²) in [6.45, 7) is -3.78. The Morgan fingerprint density at radius 2 is 1.83 bits per heavy atom. The van der Waals surface area contributed by atoms with Crippen molar-refractivity contribution in [2.45, 2.75) is 12.9 Å². The molecule has 0 radical (unpaired) electrons. The first kappa shape index (κ1) is 11.2. The van der Waals surface area contributed by atoms with Gasteiger partial charge in [-0.25, -0.2) is 0 Å². The van der Waals surface area contributed by atoms with Gasteiger partial charge in [-0.3, -0.25) is 0 Å². The molecule has 0 aromatic heterocycles. The first-order valence-electron chi connectivity index (χ1n) is 2.21. The second-order valence-electron chi connectivity index (χ2n) is 1.36. The van der Waals surface area contributed by atoms with E-state index in [4.69, 9.17) is 0 Å². The molecule has 0 aromatic carbocycles. The number of hydrazine groups is 1. The minimum atomic E-state index is -5.38. The number of nitroso groups, excluding NO2 is 1. The summed E-state index contributed by atoms with van der Waals surface area (Å²) in [5.74, 6) is 0. The van der Waals surface area contributed by atoms with Crippen LogP contribution in [0, 0.1) is 4.91 Å². The molecule has 0 aliphatic carbocycles. The van der Waals surface area contributed by atoms with Gasteiger partial charge in [0.15, 0.2) is 0 Å². The van der Waals surface area contributed by atoms with Crippen molar-refractivity contribution in [2.75, 3.05) is 0 Å². The van der Waals surface area contributed by atoms with Crippen LogP contribution in [0.2, 0.25) is 0 Å². The van der Waals surface area contributed by atoms with Gasteiger partial charge in [0.25, 0.3) is 0 Å². The lowest BCUT2D eigenvalue weighted by Gasteiger charge is -2.14. The molecule has 0 fully saturated rings. The SMILES string of the molecule is O=[N+]([S-])N(OC(F)(F)F)C(F)F. The zero-order valence-corrected chi connectivity index (χ0v) is 5.90. The molecular weight excluding hydrogens is 211 g/mol. The average Bonchev–Trinajstić information content (AvgIpc) is 1.79. The van der Waals surface area contributed by atoms with Crippen LogP contribution in [-0.4, -0.2) is 22.4 Å². The fourth-order valence-electron chi connectivity index (χ4n) is 0.250. The van der Waals surface area contributed by atoms with Crippen molar-refractivity contribution in [2.24, 2.45) is 0 Å². The van der Waals surface area contributed by atoms with Crippen molar-refractivity contribution in [1.29, 1.82) is 0 Å². The standard InChI is InChI=1S/C2HF5N2O2S/c3-1(4)8(9(10)12)11-2(5,6)7/h1H. The Hall–Kier alpha value is -0.770. The van der Waals surface area contributed by atoms with Gasteiger partial charge in [-0.1, -0.05) is 0 Å². The van der Waals surface area contributed by atoms with Gasteiger partial charge < -0.3 is 12.8 Å². The highest BCUT2D eigenvalue weighted by Crippen LogP contribution is 2.20. The minimum absolute atomic E-state index is 1.18. The monoisotopic (exact) mass is 212 g/mol. The smallest absolute Gasteiger partial charge is 0.330 e. The van der Waals surface area contributed by atoms with Crippen LogP contribution < -0.4 is 0 Å². The summed E-state index contributed by atoms with van der Waals surface area (Å²) in [4.78, 5) is 12.4. The van der Waals surface area contributed by atoms with Crippen LogP contribution in [-0.2, 0) is 17.7 Å². The highest BCUT2D eigenvalue weighted by molar-refractivity contribution is 7.51. The number of rotatable bonds is 3. The molecule has 10 heteroatoms. The Kier molecular flexibility index (Phi) is 3.52. The number of hydrogen-bond acceptors (Lipinski definition) is 3. The predicted molar refractivity (Wildman–Crippen MR) is 26.0 cm³/mol. The molecule has 0 atom stereocenters. The molecule has 0 unspecified atom stereocenters. The van der Waals surface area contributed by atoms with Crippen molar-refractivity contribution in [3.8, 4) is 0 Å². The number of halogens is 5. The van der Waals surface area contributed by atoms with E-state index in [2.05, 4.69) is 17.7 Å². The van der Waals surface area contributed by atoms with E-state index < -0.39 is 22.4 Å². The van der Waals surface area contributed by atoms with Gasteiger partial charge in [-0.05, 0) is 0 Å². The normalized spacial score (nSPS) is 11.8. The molecule has 0 spiro atoms. The Labute approximate surface area is 67.9 Å². The summed E-state index contributed by atoms with van der Waals surface area (Å²) in [5, 5.41) is -1.32. The molecule has 0 saturated heterocycles. The van der Waals surface area contributed by atoms with Crippen LogP contribution in [0.3, 0.4) is 0 Å². The molecule has 12 heavy (non-hydrogen) atoms. The van der Waals surface area contributed by atoms with Gasteiger partial charge in [-0.2, -0.15) is 8.78 Å². The molecule has 0 amide bonds. The van der Waals surface area contributed by atoms with E-state index in [0.717, 1.165) is 0 Å². The molecule has 0 aliphatic rings. The fourth-order valence-corrected chi connectivity index (χ4v) is 0.355. The fraction of sp³-hybridized carbons (Fsp3) is 1.00. The summed E-state index contributed by atoms with van der Waals surface area (Å²) in [6.07, 6.45) is -5.38. The molecule has 0 saturated carbocycles. The van der Waals surface area contributed by atoms with E-state index in [1.165, 1.54) is 0 Å². The average molecular weight is 212 g/mol. The van der Waals surface area contributed by atoms with Gasteiger partial charge in [0.05, 0.1) is 9.45 Å². The summed E-state index contributed by atoms with van der Waals surface area (Å²) >= 11 is 3.44. The van der Waals surface area contributed by atoms with Crippen LogP contribution in [0.25, 0.3) is 0 Å². The van der Waals surface area contributed by atoms with Crippen molar-refractivity contribution in [3.63, 3.8) is 0 Å². The van der Waals surface area contributed by atoms with Crippen LogP contribution in [0.5, 0.6) is 0 Å². The molecule has 0 N–H and O–H groups in total. The molecule has 0 heterocycles. The Balaban J connectivity index is 4.25. The lowest BCUT2D eigenvalue weighted by molar-refractivity contribution is -0.725. The van der Waals surface area contributed by atoms with E-state index in [1.54, 1.807) is 0 Å². The quantitative estimate of drug-likeness (QED) is 0.231. The van der Waals surface area contributed by atoms with E-state index in [-0.39, 0.29) is 0 Å². The van der Waals surface area contributed by atoms with Crippen molar-refractivity contribution < 1.29 is 31.1 Å². The van der Waals surface area contributed by atoms with Gasteiger partial charge in [0.2, 0.25) is 0 Å². The highest BCUT2D eigenvalue weighted by atomic mass is 32.1. The first-order chi connectivity index (χ1) is 5.24. The summed E-state index contributed by atoms with van der Waals surface area (Å²) in [5.41, 5.74) is 0.